The van der Waals surface area contributed by atoms with Crippen molar-refractivity contribution in [3.8, 4) is 0 Å². The number of hydrogen-bond acceptors (Lipinski definition) is 5. The molecular weight excluding hydrogens is 460 g/mol. The van der Waals surface area contributed by atoms with E-state index < -0.39 is 21.2 Å². The number of nitrogens with one attached hydrogen (secondary N) is 2. The SMILES string of the molecule is Cc1ccc(S(=O)(=O)Nc2ccc(SC(C)C(=O)Nc3cc(C(=O)O)ccc3C)cc2)cc1. The number of thioether (sulfide) groups is 1. The monoisotopic (exact) mass is 484 g/mol. The molecule has 3 aromatic rings. The van der Waals surface area contributed by atoms with E-state index in [-0.39, 0.29) is 16.4 Å². The fourth-order valence-corrected chi connectivity index (χ4v) is 4.84. The third-order valence-corrected chi connectivity index (χ3v) is 7.37. The van der Waals surface area contributed by atoms with Gasteiger partial charge < -0.3 is 10.4 Å². The molecule has 1 atom stereocenters. The highest BCUT2D eigenvalue weighted by atomic mass is 32.2. The lowest BCUT2D eigenvalue weighted by atomic mass is 10.1. The van der Waals surface area contributed by atoms with Gasteiger partial charge in [0.25, 0.3) is 10.0 Å². The van der Waals surface area contributed by atoms with Gasteiger partial charge in [0.2, 0.25) is 5.91 Å². The standard InChI is InChI=1S/C24H24N2O5S2/c1-15-4-12-21(13-5-15)33(30,31)26-19-8-10-20(11-9-19)32-17(3)23(27)25-22-14-18(24(28)29)7-6-16(22)2/h4-14,17,26H,1-3H3,(H,25,27)(H,28,29). The van der Waals surface area contributed by atoms with Crippen molar-refractivity contribution in [3.05, 3.63) is 83.4 Å². The number of amides is 1. The summed E-state index contributed by atoms with van der Waals surface area (Å²) in [6.07, 6.45) is 0. The maximum Gasteiger partial charge on any atom is 0.335 e. The molecule has 0 saturated heterocycles. The van der Waals surface area contributed by atoms with E-state index in [0.717, 1.165) is 16.0 Å². The van der Waals surface area contributed by atoms with Crippen LogP contribution in [0.25, 0.3) is 0 Å². The number of anilines is 2. The van der Waals surface area contributed by atoms with Crippen molar-refractivity contribution in [2.24, 2.45) is 0 Å². The van der Waals surface area contributed by atoms with Crippen molar-refractivity contribution < 1.29 is 23.1 Å². The first-order chi connectivity index (χ1) is 15.5. The molecule has 0 aliphatic heterocycles. The van der Waals surface area contributed by atoms with Gasteiger partial charge in [0.15, 0.2) is 0 Å². The van der Waals surface area contributed by atoms with Crippen LogP contribution in [0.1, 0.15) is 28.4 Å². The number of carbonyl (C=O) groups is 2. The van der Waals surface area contributed by atoms with Gasteiger partial charge in [0.1, 0.15) is 0 Å². The van der Waals surface area contributed by atoms with Crippen LogP contribution in [-0.2, 0) is 14.8 Å². The van der Waals surface area contributed by atoms with Gasteiger partial charge >= 0.3 is 5.97 Å². The smallest absolute Gasteiger partial charge is 0.335 e. The van der Waals surface area contributed by atoms with Gasteiger partial charge in [-0.1, -0.05) is 23.8 Å². The molecule has 0 bridgehead atoms. The summed E-state index contributed by atoms with van der Waals surface area (Å²) in [7, 11) is -3.69. The third-order valence-electron chi connectivity index (χ3n) is 4.86. The molecule has 33 heavy (non-hydrogen) atoms. The quantitative estimate of drug-likeness (QED) is 0.391. The largest absolute Gasteiger partial charge is 0.478 e. The number of rotatable bonds is 8. The van der Waals surface area contributed by atoms with Crippen LogP contribution in [0.3, 0.4) is 0 Å². The van der Waals surface area contributed by atoms with Gasteiger partial charge in [-0.05, 0) is 74.9 Å². The van der Waals surface area contributed by atoms with E-state index in [2.05, 4.69) is 10.0 Å². The number of benzene rings is 3. The second-order valence-electron chi connectivity index (χ2n) is 7.53. The summed E-state index contributed by atoms with van der Waals surface area (Å²) in [5, 5.41) is 11.5. The summed E-state index contributed by atoms with van der Waals surface area (Å²) in [5.41, 5.74) is 2.69. The molecule has 0 spiro atoms. The van der Waals surface area contributed by atoms with E-state index >= 15 is 0 Å². The molecule has 3 aromatic carbocycles. The molecule has 0 saturated carbocycles. The maximum absolute atomic E-state index is 12.6. The molecule has 3 N–H and O–H groups in total. The Kier molecular flexibility index (Phi) is 7.45. The number of carboxylic acid groups (broad SMARTS) is 1. The van der Waals surface area contributed by atoms with Crippen molar-refractivity contribution in [1.29, 1.82) is 0 Å². The zero-order valence-electron chi connectivity index (χ0n) is 18.3. The van der Waals surface area contributed by atoms with E-state index in [4.69, 9.17) is 5.11 Å². The molecule has 0 radical (unpaired) electrons. The van der Waals surface area contributed by atoms with Gasteiger partial charge in [0.05, 0.1) is 15.7 Å². The van der Waals surface area contributed by atoms with Crippen LogP contribution in [0.4, 0.5) is 11.4 Å². The summed E-state index contributed by atoms with van der Waals surface area (Å²) in [6, 6.07) is 17.9. The van der Waals surface area contributed by atoms with Crippen molar-refractivity contribution in [1.82, 2.24) is 0 Å². The molecule has 9 heteroatoms. The third kappa shape index (κ3) is 6.36. The lowest BCUT2D eigenvalue weighted by Crippen LogP contribution is -2.23. The molecule has 172 valence electrons. The number of aromatic carboxylic acids is 1. The molecule has 7 nitrogen and oxygen atoms in total. The zero-order valence-corrected chi connectivity index (χ0v) is 20.0. The summed E-state index contributed by atoms with van der Waals surface area (Å²) < 4.78 is 27.6. The molecular formula is C24H24N2O5S2. The van der Waals surface area contributed by atoms with E-state index in [1.165, 1.54) is 23.9 Å². The predicted octanol–water partition coefficient (Wildman–Crippen LogP) is 4.92. The normalized spacial score (nSPS) is 12.1. The Morgan fingerprint density at radius 3 is 2.18 bits per heavy atom. The highest BCUT2D eigenvalue weighted by molar-refractivity contribution is 8.00. The Balaban J connectivity index is 1.63. The lowest BCUT2D eigenvalue weighted by Gasteiger charge is -2.14. The molecule has 1 amide bonds. The van der Waals surface area contributed by atoms with Gasteiger partial charge in [-0.25, -0.2) is 13.2 Å². The molecule has 3 rings (SSSR count). The van der Waals surface area contributed by atoms with Crippen LogP contribution < -0.4 is 10.0 Å². The second-order valence-corrected chi connectivity index (χ2v) is 10.6. The van der Waals surface area contributed by atoms with Gasteiger partial charge in [0, 0.05) is 16.3 Å². The maximum atomic E-state index is 12.6. The van der Waals surface area contributed by atoms with Gasteiger partial charge in [-0.2, -0.15) is 0 Å². The number of carboxylic acids is 1. The minimum Gasteiger partial charge on any atom is -0.478 e. The first-order valence-electron chi connectivity index (χ1n) is 10.1. The topological polar surface area (TPSA) is 113 Å². The number of hydrogen-bond donors (Lipinski definition) is 3. The minimum absolute atomic E-state index is 0.0971. The Bertz CT molecular complexity index is 1270. The fourth-order valence-electron chi connectivity index (χ4n) is 2.91. The van der Waals surface area contributed by atoms with Crippen molar-refractivity contribution in [2.75, 3.05) is 10.0 Å². The summed E-state index contributed by atoms with van der Waals surface area (Å²) in [6.45, 7) is 5.41. The predicted molar refractivity (Wildman–Crippen MR) is 131 cm³/mol. The summed E-state index contributed by atoms with van der Waals surface area (Å²) in [5.74, 6) is -1.33. The Labute approximate surface area is 197 Å². The first kappa shape index (κ1) is 24.3. The Morgan fingerprint density at radius 2 is 1.58 bits per heavy atom. The van der Waals surface area contributed by atoms with Crippen molar-refractivity contribution in [3.63, 3.8) is 0 Å². The second kappa shape index (κ2) is 10.1. The Morgan fingerprint density at radius 1 is 0.939 bits per heavy atom. The van der Waals surface area contributed by atoms with E-state index in [9.17, 15) is 18.0 Å². The van der Waals surface area contributed by atoms with Crippen LogP contribution >= 0.6 is 11.8 Å². The molecule has 0 heterocycles. The van der Waals surface area contributed by atoms with Gasteiger partial charge in [-0.3, -0.25) is 9.52 Å². The molecule has 0 aliphatic rings. The van der Waals surface area contributed by atoms with Crippen LogP contribution in [0.15, 0.2) is 76.5 Å². The summed E-state index contributed by atoms with van der Waals surface area (Å²) in [4.78, 5) is 24.8. The highest BCUT2D eigenvalue weighted by Crippen LogP contribution is 2.27. The molecule has 0 aliphatic carbocycles. The lowest BCUT2D eigenvalue weighted by molar-refractivity contribution is -0.115. The average Bonchev–Trinajstić information content (AvgIpc) is 2.76. The first-order valence-corrected chi connectivity index (χ1v) is 12.4. The highest BCUT2D eigenvalue weighted by Gasteiger charge is 2.17. The number of carbonyl (C=O) groups excluding carboxylic acids is 1. The van der Waals surface area contributed by atoms with Crippen molar-refractivity contribution in [2.45, 2.75) is 35.8 Å². The number of aryl methyl sites for hydroxylation is 2. The average molecular weight is 485 g/mol. The van der Waals surface area contributed by atoms with E-state index in [1.54, 1.807) is 68.4 Å². The zero-order chi connectivity index (χ0) is 24.2. The van der Waals surface area contributed by atoms with Crippen LogP contribution in [-0.4, -0.2) is 30.7 Å². The number of sulfonamides is 1. The van der Waals surface area contributed by atoms with Crippen LogP contribution in [0, 0.1) is 13.8 Å². The van der Waals surface area contributed by atoms with Crippen LogP contribution in [0.5, 0.6) is 0 Å². The van der Waals surface area contributed by atoms with Crippen molar-refractivity contribution >= 4 is 45.0 Å². The molecule has 0 aromatic heterocycles. The van der Waals surface area contributed by atoms with Gasteiger partial charge in [-0.15, -0.1) is 11.8 Å². The Hall–Kier alpha value is -3.30. The van der Waals surface area contributed by atoms with Crippen LogP contribution in [0.2, 0.25) is 0 Å². The minimum atomic E-state index is -3.69. The van der Waals surface area contributed by atoms with E-state index in [0.29, 0.717) is 11.4 Å². The summed E-state index contributed by atoms with van der Waals surface area (Å²) >= 11 is 1.31. The molecule has 1 unspecified atom stereocenters. The van der Waals surface area contributed by atoms with E-state index in [1.807, 2.05) is 6.92 Å². The fraction of sp³-hybridized carbons (Fsp3) is 0.167. The molecule has 0 fully saturated rings.